The van der Waals surface area contributed by atoms with Gasteiger partial charge in [0.2, 0.25) is 0 Å². The molecule has 0 unspecified atom stereocenters. The van der Waals surface area contributed by atoms with Crippen LogP contribution in [0, 0.1) is 0 Å². The number of benzene rings is 1. The zero-order valence-corrected chi connectivity index (χ0v) is 9.35. The zero-order valence-electron chi connectivity index (χ0n) is 8.59. The molecular formula is C11H10ClNO3. The Morgan fingerprint density at radius 2 is 2.12 bits per heavy atom. The van der Waals surface area contributed by atoms with Crippen LogP contribution in [-0.2, 0) is 14.3 Å². The van der Waals surface area contributed by atoms with E-state index in [0.29, 0.717) is 5.02 Å². The third-order valence-corrected chi connectivity index (χ3v) is 2.61. The van der Waals surface area contributed by atoms with Gasteiger partial charge in [0.15, 0.2) is 18.5 Å². The van der Waals surface area contributed by atoms with Crippen LogP contribution in [0.25, 0.3) is 0 Å². The first-order valence-corrected chi connectivity index (χ1v) is 5.10. The first-order chi connectivity index (χ1) is 7.72. The van der Waals surface area contributed by atoms with Gasteiger partial charge in [-0.1, -0.05) is 23.7 Å². The van der Waals surface area contributed by atoms with Gasteiger partial charge < -0.3 is 9.47 Å². The number of hydrogen-bond donors (Lipinski definition) is 0. The number of methoxy groups -OCH3 is 1. The first-order valence-electron chi connectivity index (χ1n) is 4.73. The second-order valence-electron chi connectivity index (χ2n) is 3.33. The predicted molar refractivity (Wildman–Crippen MR) is 59.6 cm³/mol. The minimum absolute atomic E-state index is 0.409. The highest BCUT2D eigenvalue weighted by Crippen LogP contribution is 2.28. The van der Waals surface area contributed by atoms with Gasteiger partial charge in [0.25, 0.3) is 0 Å². The third kappa shape index (κ3) is 2.02. The van der Waals surface area contributed by atoms with Crippen LogP contribution in [0.1, 0.15) is 11.7 Å². The molecule has 1 heterocycles. The predicted octanol–water partition coefficient (Wildman–Crippen LogP) is 1.98. The van der Waals surface area contributed by atoms with Crippen LogP contribution in [-0.4, -0.2) is 25.5 Å². The van der Waals surface area contributed by atoms with Crippen LogP contribution in [0.2, 0.25) is 5.02 Å². The Kier molecular flexibility index (Phi) is 3.10. The van der Waals surface area contributed by atoms with E-state index in [2.05, 4.69) is 9.73 Å². The summed E-state index contributed by atoms with van der Waals surface area (Å²) >= 11 is 5.78. The maximum atomic E-state index is 11.4. The molecule has 0 aliphatic carbocycles. The molecule has 1 aliphatic heterocycles. The first kappa shape index (κ1) is 11.0. The number of halogens is 1. The molecule has 1 aliphatic rings. The van der Waals surface area contributed by atoms with Crippen LogP contribution < -0.4 is 0 Å². The van der Waals surface area contributed by atoms with Gasteiger partial charge in [-0.3, -0.25) is 0 Å². The summed E-state index contributed by atoms with van der Waals surface area (Å²) in [6.07, 6.45) is 0.852. The van der Waals surface area contributed by atoms with Crippen LogP contribution >= 0.6 is 11.6 Å². The Hall–Kier alpha value is -1.55. The number of aliphatic imine (C=N–C) groups is 1. The molecule has 1 aromatic carbocycles. The Morgan fingerprint density at radius 1 is 1.44 bits per heavy atom. The second-order valence-corrected chi connectivity index (χ2v) is 3.77. The summed E-state index contributed by atoms with van der Waals surface area (Å²) < 4.78 is 9.93. The smallest absolute Gasteiger partial charge is 0.334 e. The van der Waals surface area contributed by atoms with Crippen molar-refractivity contribution in [2.24, 2.45) is 4.99 Å². The number of rotatable bonds is 2. The molecule has 0 spiro atoms. The Bertz CT molecular complexity index is 416. The molecule has 0 radical (unpaired) electrons. The van der Waals surface area contributed by atoms with E-state index in [1.165, 1.54) is 13.5 Å². The highest BCUT2D eigenvalue weighted by Gasteiger charge is 2.34. The fraction of sp³-hybridized carbons (Fsp3) is 0.273. The lowest BCUT2D eigenvalue weighted by molar-refractivity contribution is -0.143. The molecule has 0 saturated heterocycles. The molecule has 0 saturated carbocycles. The highest BCUT2D eigenvalue weighted by atomic mass is 35.5. The number of hydrogen-bond acceptors (Lipinski definition) is 4. The van der Waals surface area contributed by atoms with Crippen molar-refractivity contribution in [1.82, 2.24) is 0 Å². The molecule has 0 N–H and O–H groups in total. The molecule has 5 heteroatoms. The Labute approximate surface area is 97.8 Å². The summed E-state index contributed by atoms with van der Waals surface area (Å²) in [6, 6.07) is 6.46. The minimum atomic E-state index is -0.633. The minimum Gasteiger partial charge on any atom is -0.473 e. The van der Waals surface area contributed by atoms with Gasteiger partial charge in [-0.05, 0) is 17.7 Å². The van der Waals surface area contributed by atoms with Gasteiger partial charge in [-0.25, -0.2) is 9.79 Å². The van der Waals surface area contributed by atoms with E-state index in [1.54, 1.807) is 24.3 Å². The highest BCUT2D eigenvalue weighted by molar-refractivity contribution is 6.30. The standard InChI is InChI=1S/C11H10ClNO3/c1-15-11(14)9-10(16-6-13-9)7-2-4-8(12)5-3-7/h2-6,9-10H,1H3/t9-,10-/m0/s1. The largest absolute Gasteiger partial charge is 0.473 e. The number of nitrogens with zero attached hydrogens (tertiary/aromatic N) is 1. The van der Waals surface area contributed by atoms with Crippen molar-refractivity contribution in [2.45, 2.75) is 12.1 Å². The van der Waals surface area contributed by atoms with Crippen molar-refractivity contribution in [1.29, 1.82) is 0 Å². The van der Waals surface area contributed by atoms with Crippen molar-refractivity contribution >= 4 is 24.0 Å². The lowest BCUT2D eigenvalue weighted by Crippen LogP contribution is -2.25. The lowest BCUT2D eigenvalue weighted by Gasteiger charge is -2.15. The maximum absolute atomic E-state index is 11.4. The van der Waals surface area contributed by atoms with E-state index >= 15 is 0 Å². The molecule has 2 rings (SSSR count). The Balaban J connectivity index is 2.21. The molecule has 0 bridgehead atoms. The van der Waals surface area contributed by atoms with E-state index in [0.717, 1.165) is 5.56 Å². The van der Waals surface area contributed by atoms with E-state index in [4.69, 9.17) is 16.3 Å². The van der Waals surface area contributed by atoms with Crippen LogP contribution in [0.5, 0.6) is 0 Å². The molecule has 2 atom stereocenters. The molecule has 0 amide bonds. The zero-order chi connectivity index (χ0) is 11.5. The molecule has 16 heavy (non-hydrogen) atoms. The number of carbonyl (C=O) groups excluding carboxylic acids is 1. The number of ether oxygens (including phenoxy) is 2. The summed E-state index contributed by atoms with van der Waals surface area (Å²) in [4.78, 5) is 15.4. The van der Waals surface area contributed by atoms with Crippen LogP contribution in [0.4, 0.5) is 0 Å². The molecule has 0 aromatic heterocycles. The molecule has 0 fully saturated rings. The average Bonchev–Trinajstić information content (AvgIpc) is 2.78. The number of esters is 1. The van der Waals surface area contributed by atoms with Gasteiger partial charge >= 0.3 is 5.97 Å². The van der Waals surface area contributed by atoms with Gasteiger partial charge in [-0.2, -0.15) is 0 Å². The normalized spacial score (nSPS) is 22.9. The van der Waals surface area contributed by atoms with Crippen molar-refractivity contribution in [2.75, 3.05) is 7.11 Å². The van der Waals surface area contributed by atoms with Crippen LogP contribution in [0.15, 0.2) is 29.3 Å². The van der Waals surface area contributed by atoms with Crippen molar-refractivity contribution in [3.8, 4) is 0 Å². The fourth-order valence-electron chi connectivity index (χ4n) is 1.54. The topological polar surface area (TPSA) is 47.9 Å². The van der Waals surface area contributed by atoms with Crippen molar-refractivity contribution < 1.29 is 14.3 Å². The summed E-state index contributed by atoms with van der Waals surface area (Å²) in [6.45, 7) is 0. The van der Waals surface area contributed by atoms with Crippen molar-refractivity contribution in [3.63, 3.8) is 0 Å². The molecule has 1 aromatic rings. The van der Waals surface area contributed by atoms with Gasteiger partial charge in [-0.15, -0.1) is 0 Å². The maximum Gasteiger partial charge on any atom is 0.334 e. The van der Waals surface area contributed by atoms with Gasteiger partial charge in [0.05, 0.1) is 7.11 Å². The van der Waals surface area contributed by atoms with E-state index in [9.17, 15) is 4.79 Å². The lowest BCUT2D eigenvalue weighted by atomic mass is 10.0. The van der Waals surface area contributed by atoms with E-state index in [1.807, 2.05) is 0 Å². The average molecular weight is 240 g/mol. The quantitative estimate of drug-likeness (QED) is 0.742. The molecule has 4 nitrogen and oxygen atoms in total. The number of carbonyl (C=O) groups is 1. The second kappa shape index (κ2) is 4.53. The van der Waals surface area contributed by atoms with E-state index in [-0.39, 0.29) is 0 Å². The molecule has 84 valence electrons. The van der Waals surface area contributed by atoms with E-state index < -0.39 is 18.1 Å². The van der Waals surface area contributed by atoms with Gasteiger partial charge in [0.1, 0.15) is 0 Å². The summed E-state index contributed by atoms with van der Waals surface area (Å²) in [5.74, 6) is -0.409. The SMILES string of the molecule is COC(=O)[C@H]1N=CO[C@H]1c1ccc(Cl)cc1. The summed E-state index contributed by atoms with van der Waals surface area (Å²) in [5.41, 5.74) is 0.845. The summed E-state index contributed by atoms with van der Waals surface area (Å²) in [7, 11) is 1.33. The Morgan fingerprint density at radius 3 is 2.75 bits per heavy atom. The van der Waals surface area contributed by atoms with Crippen molar-refractivity contribution in [3.05, 3.63) is 34.9 Å². The fourth-order valence-corrected chi connectivity index (χ4v) is 1.66. The van der Waals surface area contributed by atoms with Gasteiger partial charge in [0, 0.05) is 5.02 Å². The third-order valence-electron chi connectivity index (χ3n) is 2.36. The molecular weight excluding hydrogens is 230 g/mol. The van der Waals surface area contributed by atoms with Crippen LogP contribution in [0.3, 0.4) is 0 Å². The summed E-state index contributed by atoms with van der Waals surface area (Å²) in [5, 5.41) is 0.636. The monoisotopic (exact) mass is 239 g/mol.